The van der Waals surface area contributed by atoms with Crippen LogP contribution in [0, 0.1) is 0 Å². The second-order valence-corrected chi connectivity index (χ2v) is 3.82. The first-order chi connectivity index (χ1) is 7.72. The molecule has 1 aromatic carbocycles. The number of carbonyl (C=O) groups is 1. The molecule has 0 saturated carbocycles. The van der Waals surface area contributed by atoms with Crippen LogP contribution in [0.5, 0.6) is 0 Å². The van der Waals surface area contributed by atoms with Crippen LogP contribution in [0.4, 0.5) is 11.4 Å². The number of anilines is 2. The van der Waals surface area contributed by atoms with Gasteiger partial charge in [-0.15, -0.1) is 0 Å². The number of nitrogens with two attached hydrogens (primary N) is 1. The van der Waals surface area contributed by atoms with E-state index in [1.807, 2.05) is 25.1 Å². The van der Waals surface area contributed by atoms with Crippen molar-refractivity contribution in [3.05, 3.63) is 23.8 Å². The van der Waals surface area contributed by atoms with Crippen molar-refractivity contribution < 1.29 is 9.53 Å². The Hall–Kier alpha value is -1.55. The Labute approximate surface area is 95.0 Å². The number of benzene rings is 1. The van der Waals surface area contributed by atoms with Crippen molar-refractivity contribution in [1.29, 1.82) is 0 Å². The topological polar surface area (TPSA) is 55.6 Å². The van der Waals surface area contributed by atoms with E-state index >= 15 is 0 Å². The fraction of sp³-hybridized carbons (Fsp3) is 0.417. The van der Waals surface area contributed by atoms with Crippen LogP contribution in [-0.2, 0) is 16.0 Å². The van der Waals surface area contributed by atoms with E-state index in [4.69, 9.17) is 10.5 Å². The summed E-state index contributed by atoms with van der Waals surface area (Å²) >= 11 is 0. The Morgan fingerprint density at radius 1 is 1.56 bits per heavy atom. The third-order valence-electron chi connectivity index (χ3n) is 2.73. The van der Waals surface area contributed by atoms with Crippen LogP contribution in [0.3, 0.4) is 0 Å². The van der Waals surface area contributed by atoms with Gasteiger partial charge in [0, 0.05) is 24.5 Å². The first-order valence-electron chi connectivity index (χ1n) is 5.49. The van der Waals surface area contributed by atoms with Crippen LogP contribution >= 0.6 is 0 Å². The van der Waals surface area contributed by atoms with Crippen LogP contribution in [0.1, 0.15) is 12.5 Å². The number of rotatable bonds is 3. The van der Waals surface area contributed by atoms with Gasteiger partial charge >= 0.3 is 0 Å². The molecule has 0 aliphatic carbocycles. The maximum atomic E-state index is 11.8. The molecule has 0 unspecified atom stereocenters. The van der Waals surface area contributed by atoms with Crippen LogP contribution in [-0.4, -0.2) is 25.7 Å². The molecule has 0 bridgehead atoms. The first kappa shape index (κ1) is 11.0. The summed E-state index contributed by atoms with van der Waals surface area (Å²) in [7, 11) is 0. The molecule has 1 amide bonds. The van der Waals surface area contributed by atoms with Crippen molar-refractivity contribution in [2.24, 2.45) is 0 Å². The molecule has 1 aromatic rings. The molecular weight excluding hydrogens is 204 g/mol. The average molecular weight is 220 g/mol. The summed E-state index contributed by atoms with van der Waals surface area (Å²) in [5.74, 6) is 0.0189. The lowest BCUT2D eigenvalue weighted by Gasteiger charge is -2.17. The zero-order chi connectivity index (χ0) is 11.5. The number of nitrogens with zero attached hydrogens (tertiary/aromatic N) is 1. The Balaban J connectivity index is 2.14. The molecule has 0 atom stereocenters. The van der Waals surface area contributed by atoms with E-state index < -0.39 is 0 Å². The standard InChI is InChI=1S/C12H16N2O2/c1-2-16-8-12(15)14-6-5-9-7-10(13)3-4-11(9)14/h3-4,7H,2,5-6,8,13H2,1H3. The van der Waals surface area contributed by atoms with Crippen molar-refractivity contribution in [3.8, 4) is 0 Å². The number of hydrogen-bond acceptors (Lipinski definition) is 3. The monoisotopic (exact) mass is 220 g/mol. The van der Waals surface area contributed by atoms with E-state index in [9.17, 15) is 4.79 Å². The predicted molar refractivity (Wildman–Crippen MR) is 63.4 cm³/mol. The SMILES string of the molecule is CCOCC(=O)N1CCc2cc(N)ccc21. The molecule has 2 rings (SSSR count). The van der Waals surface area contributed by atoms with E-state index in [-0.39, 0.29) is 12.5 Å². The molecule has 2 N–H and O–H groups in total. The lowest BCUT2D eigenvalue weighted by Crippen LogP contribution is -2.32. The highest BCUT2D eigenvalue weighted by atomic mass is 16.5. The van der Waals surface area contributed by atoms with Crippen LogP contribution in [0.25, 0.3) is 0 Å². The molecule has 0 fully saturated rings. The van der Waals surface area contributed by atoms with E-state index in [1.165, 1.54) is 0 Å². The average Bonchev–Trinajstić information content (AvgIpc) is 2.68. The number of ether oxygens (including phenoxy) is 1. The van der Waals surface area contributed by atoms with Gasteiger partial charge in [0.15, 0.2) is 0 Å². The van der Waals surface area contributed by atoms with Gasteiger partial charge in [-0.3, -0.25) is 4.79 Å². The highest BCUT2D eigenvalue weighted by molar-refractivity contribution is 5.96. The summed E-state index contributed by atoms with van der Waals surface area (Å²) in [5.41, 5.74) is 8.57. The Bertz CT molecular complexity index is 404. The zero-order valence-electron chi connectivity index (χ0n) is 9.40. The summed E-state index contributed by atoms with van der Waals surface area (Å²) < 4.78 is 5.13. The predicted octanol–water partition coefficient (Wildman–Crippen LogP) is 1.19. The third kappa shape index (κ3) is 2.02. The summed E-state index contributed by atoms with van der Waals surface area (Å²) in [6.45, 7) is 3.32. The van der Waals surface area contributed by atoms with Gasteiger partial charge < -0.3 is 15.4 Å². The van der Waals surface area contributed by atoms with Gasteiger partial charge in [-0.05, 0) is 37.1 Å². The molecular formula is C12H16N2O2. The molecule has 86 valence electrons. The maximum absolute atomic E-state index is 11.8. The number of hydrogen-bond donors (Lipinski definition) is 1. The normalized spacial score (nSPS) is 13.9. The fourth-order valence-electron chi connectivity index (χ4n) is 1.95. The molecule has 0 aromatic heterocycles. The van der Waals surface area contributed by atoms with Crippen molar-refractivity contribution in [3.63, 3.8) is 0 Å². The van der Waals surface area contributed by atoms with Crippen LogP contribution < -0.4 is 10.6 Å². The smallest absolute Gasteiger partial charge is 0.252 e. The Morgan fingerprint density at radius 2 is 2.38 bits per heavy atom. The minimum atomic E-state index is 0.0189. The Morgan fingerprint density at radius 3 is 3.12 bits per heavy atom. The Kier molecular flexibility index (Phi) is 3.10. The van der Waals surface area contributed by atoms with Crippen molar-refractivity contribution in [2.45, 2.75) is 13.3 Å². The maximum Gasteiger partial charge on any atom is 0.252 e. The fourth-order valence-corrected chi connectivity index (χ4v) is 1.95. The lowest BCUT2D eigenvalue weighted by molar-refractivity contribution is -0.122. The molecule has 0 radical (unpaired) electrons. The summed E-state index contributed by atoms with van der Waals surface area (Å²) in [4.78, 5) is 13.6. The minimum absolute atomic E-state index is 0.0189. The van der Waals surface area contributed by atoms with Gasteiger partial charge in [-0.25, -0.2) is 0 Å². The first-order valence-corrected chi connectivity index (χ1v) is 5.49. The second-order valence-electron chi connectivity index (χ2n) is 3.82. The van der Waals surface area contributed by atoms with E-state index in [0.717, 1.165) is 29.9 Å². The van der Waals surface area contributed by atoms with Crippen molar-refractivity contribution in [2.75, 3.05) is 30.4 Å². The van der Waals surface area contributed by atoms with E-state index in [2.05, 4.69) is 0 Å². The van der Waals surface area contributed by atoms with Gasteiger partial charge in [0.1, 0.15) is 6.61 Å². The summed E-state index contributed by atoms with van der Waals surface area (Å²) in [6.07, 6.45) is 0.873. The van der Waals surface area contributed by atoms with Crippen LogP contribution in [0.15, 0.2) is 18.2 Å². The van der Waals surface area contributed by atoms with Gasteiger partial charge in [-0.2, -0.15) is 0 Å². The van der Waals surface area contributed by atoms with Crippen LogP contribution in [0.2, 0.25) is 0 Å². The number of carbonyl (C=O) groups excluding carboxylic acids is 1. The van der Waals surface area contributed by atoms with Gasteiger partial charge in [0.05, 0.1) is 0 Å². The summed E-state index contributed by atoms with van der Waals surface area (Å²) in [5, 5.41) is 0. The minimum Gasteiger partial charge on any atom is -0.399 e. The highest BCUT2D eigenvalue weighted by Gasteiger charge is 2.24. The molecule has 1 heterocycles. The molecule has 1 aliphatic heterocycles. The molecule has 0 saturated heterocycles. The number of amides is 1. The largest absolute Gasteiger partial charge is 0.399 e. The van der Waals surface area contributed by atoms with Gasteiger partial charge in [0.2, 0.25) is 0 Å². The molecule has 0 spiro atoms. The molecule has 4 heteroatoms. The van der Waals surface area contributed by atoms with E-state index in [0.29, 0.717) is 6.61 Å². The second kappa shape index (κ2) is 4.53. The lowest BCUT2D eigenvalue weighted by atomic mass is 10.1. The quantitative estimate of drug-likeness (QED) is 0.778. The van der Waals surface area contributed by atoms with Crippen molar-refractivity contribution >= 4 is 17.3 Å². The third-order valence-corrected chi connectivity index (χ3v) is 2.73. The molecule has 4 nitrogen and oxygen atoms in total. The van der Waals surface area contributed by atoms with E-state index in [1.54, 1.807) is 4.90 Å². The number of fused-ring (bicyclic) bond motifs is 1. The van der Waals surface area contributed by atoms with Gasteiger partial charge in [-0.1, -0.05) is 0 Å². The van der Waals surface area contributed by atoms with Gasteiger partial charge in [0.25, 0.3) is 5.91 Å². The zero-order valence-corrected chi connectivity index (χ0v) is 9.40. The molecule has 16 heavy (non-hydrogen) atoms. The number of nitrogen functional groups attached to an aromatic ring is 1. The summed E-state index contributed by atoms with van der Waals surface area (Å²) in [6, 6.07) is 5.66. The highest BCUT2D eigenvalue weighted by Crippen LogP contribution is 2.29. The van der Waals surface area contributed by atoms with Crippen molar-refractivity contribution in [1.82, 2.24) is 0 Å². The molecule has 1 aliphatic rings.